The summed E-state index contributed by atoms with van der Waals surface area (Å²) in [5, 5.41) is 14.2. The van der Waals surface area contributed by atoms with Crippen LogP contribution in [0.25, 0.3) is 0 Å². The van der Waals surface area contributed by atoms with Crippen molar-refractivity contribution in [1.29, 1.82) is 5.26 Å². The smallest absolute Gasteiger partial charge is 0.377 e. The number of anilines is 4. The molecule has 320 valence electrons. The topological polar surface area (TPSA) is 172 Å². The normalized spacial score (nSPS) is 20.8. The lowest BCUT2D eigenvalue weighted by Gasteiger charge is -2.37. The molecule has 0 spiro atoms. The number of fused-ring (bicyclic) bond motifs is 1. The fraction of sp³-hybridized carbons (Fsp3) is 0.465. The summed E-state index contributed by atoms with van der Waals surface area (Å²) in [5.74, 6) is -2.10. The van der Waals surface area contributed by atoms with Gasteiger partial charge >= 0.3 is 6.18 Å². The number of hydrogen-bond acceptors (Lipinski definition) is 12. The number of alkyl halides is 3. The van der Waals surface area contributed by atoms with Gasteiger partial charge in [0.25, 0.3) is 11.8 Å². The molecule has 1 atom stereocenters. The maximum Gasteiger partial charge on any atom is 0.417 e. The molecule has 5 aliphatic heterocycles. The van der Waals surface area contributed by atoms with Crippen LogP contribution in [-0.4, -0.2) is 122 Å². The van der Waals surface area contributed by atoms with Gasteiger partial charge in [0.1, 0.15) is 11.9 Å². The summed E-state index contributed by atoms with van der Waals surface area (Å²) in [6.07, 6.45) is 0.132. The number of pyridine rings is 1. The Kier molecular flexibility index (Phi) is 12.0. The summed E-state index contributed by atoms with van der Waals surface area (Å²) in [6.45, 7) is 6.94. The Hall–Kier alpha value is -6.06. The number of carbonyl (C=O) groups is 5. The van der Waals surface area contributed by atoms with Gasteiger partial charge in [-0.2, -0.15) is 18.4 Å². The van der Waals surface area contributed by atoms with Gasteiger partial charge in [0.05, 0.1) is 52.9 Å². The molecule has 0 saturated carbocycles. The minimum atomic E-state index is -4.63. The molecule has 0 bridgehead atoms. The number of aromatic nitrogens is 1. The minimum Gasteiger partial charge on any atom is -0.377 e. The van der Waals surface area contributed by atoms with E-state index in [0.717, 1.165) is 81.0 Å². The van der Waals surface area contributed by atoms with Crippen LogP contribution in [0.5, 0.6) is 0 Å². The van der Waals surface area contributed by atoms with Crippen LogP contribution in [0.3, 0.4) is 0 Å². The summed E-state index contributed by atoms with van der Waals surface area (Å²) in [7, 11) is 0. The standard InChI is InChI=1S/C43H46F3N9O6/c44-43(45,46)35-24-30(2-1-28(35)25-47)52-13-9-27(10-14-52)39(57)49-37-7-4-31(26-48-37)53-15-11-32(12-16-53)61-22-21-51-17-19-54(20-18-51)29-3-5-33-34(23-29)42(60)55(41(33)59)36-6-8-38(56)50-40(36)58/h1-5,7,23-24,26-27,32,36H,6,8-22H2,(H,48,49,57)(H,50,56,58). The number of nitrogens with zero attached hydrogens (tertiary/aromatic N) is 7. The summed E-state index contributed by atoms with van der Waals surface area (Å²) >= 11 is 0. The van der Waals surface area contributed by atoms with E-state index in [1.807, 2.05) is 17.0 Å². The number of piperidine rings is 3. The van der Waals surface area contributed by atoms with Crippen LogP contribution in [0.4, 0.5) is 36.1 Å². The zero-order valence-electron chi connectivity index (χ0n) is 33.5. The number of nitrogens with one attached hydrogen (secondary N) is 2. The average molecular weight is 842 g/mol. The fourth-order valence-electron chi connectivity index (χ4n) is 8.85. The number of carbonyl (C=O) groups excluding carboxylic acids is 5. The Balaban J connectivity index is 0.728. The van der Waals surface area contributed by atoms with Crippen molar-refractivity contribution in [3.63, 3.8) is 0 Å². The average Bonchev–Trinajstić information content (AvgIpc) is 3.51. The molecule has 1 aromatic heterocycles. The van der Waals surface area contributed by atoms with E-state index < -0.39 is 47.0 Å². The van der Waals surface area contributed by atoms with E-state index in [0.29, 0.717) is 44.0 Å². The third kappa shape index (κ3) is 9.03. The first-order valence-electron chi connectivity index (χ1n) is 20.7. The van der Waals surface area contributed by atoms with Crippen molar-refractivity contribution in [3.05, 3.63) is 77.0 Å². The number of benzene rings is 2. The van der Waals surface area contributed by atoms with Gasteiger partial charge in [-0.25, -0.2) is 4.98 Å². The van der Waals surface area contributed by atoms with Gasteiger partial charge in [-0.15, -0.1) is 0 Å². The molecule has 4 saturated heterocycles. The Bertz CT molecular complexity index is 2220. The van der Waals surface area contributed by atoms with E-state index in [2.05, 4.69) is 30.3 Å². The van der Waals surface area contributed by atoms with Gasteiger partial charge < -0.3 is 24.8 Å². The molecule has 15 nitrogen and oxygen atoms in total. The minimum absolute atomic E-state index is 0.0739. The molecule has 5 amide bonds. The fourth-order valence-corrected chi connectivity index (χ4v) is 8.85. The van der Waals surface area contributed by atoms with Crippen molar-refractivity contribution in [2.45, 2.75) is 56.8 Å². The Morgan fingerprint density at radius 2 is 1.44 bits per heavy atom. The Morgan fingerprint density at radius 3 is 2.11 bits per heavy atom. The molecule has 2 N–H and O–H groups in total. The third-order valence-corrected chi connectivity index (χ3v) is 12.4. The number of imide groups is 2. The molecule has 5 aliphatic rings. The van der Waals surface area contributed by atoms with Crippen LogP contribution in [0.2, 0.25) is 0 Å². The van der Waals surface area contributed by atoms with Crippen LogP contribution >= 0.6 is 0 Å². The second-order valence-corrected chi connectivity index (χ2v) is 16.1. The lowest BCUT2D eigenvalue weighted by atomic mass is 9.95. The second kappa shape index (κ2) is 17.5. The van der Waals surface area contributed by atoms with Gasteiger partial charge in [-0.1, -0.05) is 0 Å². The van der Waals surface area contributed by atoms with Gasteiger partial charge in [-0.3, -0.25) is 39.1 Å². The highest BCUT2D eigenvalue weighted by molar-refractivity contribution is 6.23. The first kappa shape index (κ1) is 41.7. The number of halogens is 3. The van der Waals surface area contributed by atoms with Crippen LogP contribution in [-0.2, 0) is 25.3 Å². The number of ether oxygens (including phenoxy) is 1. The molecule has 0 aliphatic carbocycles. The highest BCUT2D eigenvalue weighted by atomic mass is 19.4. The van der Waals surface area contributed by atoms with Crippen molar-refractivity contribution in [3.8, 4) is 6.07 Å². The molecule has 3 aromatic rings. The van der Waals surface area contributed by atoms with Crippen molar-refractivity contribution in [2.75, 3.05) is 85.5 Å². The Labute approximate surface area is 350 Å². The largest absolute Gasteiger partial charge is 0.417 e. The Morgan fingerprint density at radius 1 is 0.803 bits per heavy atom. The van der Waals surface area contributed by atoms with Gasteiger partial charge in [0.2, 0.25) is 17.7 Å². The highest BCUT2D eigenvalue weighted by Crippen LogP contribution is 2.36. The van der Waals surface area contributed by atoms with Crippen LogP contribution < -0.4 is 25.3 Å². The number of piperazine rings is 1. The zero-order valence-corrected chi connectivity index (χ0v) is 33.5. The number of amides is 5. The lowest BCUT2D eigenvalue weighted by molar-refractivity contribution is -0.138. The van der Waals surface area contributed by atoms with Crippen molar-refractivity contribution in [2.24, 2.45) is 5.92 Å². The SMILES string of the molecule is N#Cc1ccc(N2CCC(C(=O)Nc3ccc(N4CCC(OCCN5CCN(c6ccc7c(c6)C(=O)N(C6CCC(=O)NC6=O)C7=O)CC5)CC4)cn3)CC2)cc1C(F)(F)F. The second-order valence-electron chi connectivity index (χ2n) is 16.1. The highest BCUT2D eigenvalue weighted by Gasteiger charge is 2.45. The van der Waals surface area contributed by atoms with E-state index in [4.69, 9.17) is 10.00 Å². The number of nitriles is 1. The zero-order chi connectivity index (χ0) is 42.8. The van der Waals surface area contributed by atoms with Crippen molar-refractivity contribution in [1.82, 2.24) is 20.1 Å². The molecule has 2 aromatic carbocycles. The van der Waals surface area contributed by atoms with Crippen molar-refractivity contribution >= 4 is 52.4 Å². The molecule has 61 heavy (non-hydrogen) atoms. The van der Waals surface area contributed by atoms with Crippen LogP contribution in [0.15, 0.2) is 54.7 Å². The molecular formula is C43H46F3N9O6. The molecular weight excluding hydrogens is 796 g/mol. The van der Waals surface area contributed by atoms with Crippen molar-refractivity contribution < 1.29 is 41.9 Å². The summed E-state index contributed by atoms with van der Waals surface area (Å²) in [5.41, 5.74) is 1.34. The predicted molar refractivity (Wildman–Crippen MR) is 217 cm³/mol. The molecule has 18 heteroatoms. The van der Waals surface area contributed by atoms with Crippen LogP contribution in [0, 0.1) is 17.2 Å². The third-order valence-electron chi connectivity index (χ3n) is 12.4. The van der Waals surface area contributed by atoms with E-state index in [1.165, 1.54) is 12.1 Å². The van der Waals surface area contributed by atoms with Gasteiger partial charge in [-0.05, 0) is 80.6 Å². The predicted octanol–water partition coefficient (Wildman–Crippen LogP) is 4.04. The number of rotatable bonds is 10. The van der Waals surface area contributed by atoms with E-state index in [-0.39, 0.29) is 41.9 Å². The van der Waals surface area contributed by atoms with Gasteiger partial charge in [0, 0.05) is 82.6 Å². The van der Waals surface area contributed by atoms with Gasteiger partial charge in [0.15, 0.2) is 0 Å². The quantitative estimate of drug-likeness (QED) is 0.282. The van der Waals surface area contributed by atoms with E-state index >= 15 is 0 Å². The summed E-state index contributed by atoms with van der Waals surface area (Å²) in [4.78, 5) is 77.5. The van der Waals surface area contributed by atoms with E-state index in [9.17, 15) is 37.1 Å². The number of hydrogen-bond donors (Lipinski definition) is 2. The molecule has 8 rings (SSSR count). The van der Waals surface area contributed by atoms with Crippen LogP contribution in [0.1, 0.15) is 70.4 Å². The maximum absolute atomic E-state index is 13.5. The summed E-state index contributed by atoms with van der Waals surface area (Å²) < 4.78 is 46.7. The lowest BCUT2D eigenvalue weighted by Crippen LogP contribution is -2.54. The molecule has 4 fully saturated rings. The monoisotopic (exact) mass is 841 g/mol. The maximum atomic E-state index is 13.5. The molecule has 0 radical (unpaired) electrons. The summed E-state index contributed by atoms with van der Waals surface area (Å²) in [6, 6.07) is 13.3. The first-order chi connectivity index (χ1) is 29.4. The molecule has 6 heterocycles. The first-order valence-corrected chi connectivity index (χ1v) is 20.7. The molecule has 1 unspecified atom stereocenters. The van der Waals surface area contributed by atoms with E-state index in [1.54, 1.807) is 30.5 Å².